The number of aromatic amines is 1. The number of fused-ring (bicyclic) bond motifs is 1. The summed E-state index contributed by atoms with van der Waals surface area (Å²) in [5.74, 6) is -1.47. The first-order valence-electron chi connectivity index (χ1n) is 11.7. The molecular weight excluding hydrogens is 475 g/mol. The number of benzene rings is 3. The first kappa shape index (κ1) is 24.1. The van der Waals surface area contributed by atoms with E-state index in [-0.39, 0.29) is 23.4 Å². The van der Waals surface area contributed by atoms with E-state index >= 15 is 0 Å². The maximum Gasteiger partial charge on any atom is 0.295 e. The van der Waals surface area contributed by atoms with Crippen molar-refractivity contribution in [3.05, 3.63) is 101 Å². The van der Waals surface area contributed by atoms with Gasteiger partial charge < -0.3 is 24.5 Å². The van der Waals surface area contributed by atoms with Crippen LogP contribution in [0.25, 0.3) is 16.7 Å². The SMILES string of the molecule is COc1ccc([C@@H]2C(=C(O)c3ccc(F)cc3)C(=O)C(=O)N2CCc2c[nH]c3ccccc23)c(OC)c1. The monoisotopic (exact) mass is 500 g/mol. The van der Waals surface area contributed by atoms with E-state index in [1.807, 2.05) is 30.5 Å². The van der Waals surface area contributed by atoms with Crippen LogP contribution in [-0.2, 0) is 16.0 Å². The Morgan fingerprint density at radius 2 is 1.78 bits per heavy atom. The van der Waals surface area contributed by atoms with Crippen molar-refractivity contribution < 1.29 is 28.6 Å². The number of nitrogens with one attached hydrogen (secondary N) is 1. The molecular formula is C29H25FN2O5. The van der Waals surface area contributed by atoms with Gasteiger partial charge in [-0.05, 0) is 54.4 Å². The fourth-order valence-corrected chi connectivity index (χ4v) is 4.82. The molecule has 7 nitrogen and oxygen atoms in total. The number of halogens is 1. The lowest BCUT2D eigenvalue weighted by Crippen LogP contribution is -2.31. The van der Waals surface area contributed by atoms with Crippen molar-refractivity contribution in [3.63, 3.8) is 0 Å². The van der Waals surface area contributed by atoms with Crippen molar-refractivity contribution in [1.82, 2.24) is 9.88 Å². The third-order valence-electron chi connectivity index (χ3n) is 6.69. The van der Waals surface area contributed by atoms with Crippen LogP contribution < -0.4 is 9.47 Å². The maximum absolute atomic E-state index is 13.5. The smallest absolute Gasteiger partial charge is 0.295 e. The zero-order chi connectivity index (χ0) is 26.1. The average Bonchev–Trinajstić information content (AvgIpc) is 3.45. The summed E-state index contributed by atoms with van der Waals surface area (Å²) in [6, 6.07) is 17.1. The Hall–Kier alpha value is -4.59. The summed E-state index contributed by atoms with van der Waals surface area (Å²) < 4.78 is 24.4. The topological polar surface area (TPSA) is 91.9 Å². The lowest BCUT2D eigenvalue weighted by molar-refractivity contribution is -0.139. The molecule has 1 aliphatic heterocycles. The summed E-state index contributed by atoms with van der Waals surface area (Å²) in [6.07, 6.45) is 2.37. The van der Waals surface area contributed by atoms with Gasteiger partial charge in [0.25, 0.3) is 11.7 Å². The summed E-state index contributed by atoms with van der Waals surface area (Å²) in [4.78, 5) is 31.3. The first-order valence-corrected chi connectivity index (χ1v) is 11.7. The number of aromatic nitrogens is 1. The molecule has 188 valence electrons. The number of Topliss-reactive ketones (excluding diaryl/α,β-unsaturated/α-hetero) is 1. The molecule has 1 amide bonds. The van der Waals surface area contributed by atoms with Gasteiger partial charge in [0.15, 0.2) is 0 Å². The van der Waals surface area contributed by atoms with E-state index < -0.39 is 23.5 Å². The van der Waals surface area contributed by atoms with Gasteiger partial charge >= 0.3 is 0 Å². The van der Waals surface area contributed by atoms with E-state index in [9.17, 15) is 19.1 Å². The Kier molecular flexibility index (Phi) is 6.40. The van der Waals surface area contributed by atoms with Crippen LogP contribution in [0.1, 0.15) is 22.7 Å². The summed E-state index contributed by atoms with van der Waals surface area (Å²) >= 11 is 0. The number of likely N-dealkylation sites (tertiary alicyclic amines) is 1. The predicted molar refractivity (Wildman–Crippen MR) is 137 cm³/mol. The Labute approximate surface area is 212 Å². The highest BCUT2D eigenvalue weighted by Crippen LogP contribution is 2.43. The van der Waals surface area contributed by atoms with Gasteiger partial charge in [-0.25, -0.2) is 4.39 Å². The molecule has 1 fully saturated rings. The van der Waals surface area contributed by atoms with E-state index in [0.717, 1.165) is 16.5 Å². The van der Waals surface area contributed by atoms with Crippen molar-refractivity contribution in [2.45, 2.75) is 12.5 Å². The minimum Gasteiger partial charge on any atom is -0.507 e. The minimum atomic E-state index is -0.920. The third-order valence-corrected chi connectivity index (χ3v) is 6.69. The number of aliphatic hydroxyl groups is 1. The van der Waals surface area contributed by atoms with E-state index in [4.69, 9.17) is 9.47 Å². The molecule has 0 unspecified atom stereocenters. The van der Waals surface area contributed by atoms with E-state index in [0.29, 0.717) is 23.5 Å². The number of rotatable bonds is 7. The van der Waals surface area contributed by atoms with Gasteiger partial charge in [0, 0.05) is 40.8 Å². The quantitative estimate of drug-likeness (QED) is 0.212. The van der Waals surface area contributed by atoms with Gasteiger partial charge in [-0.2, -0.15) is 0 Å². The van der Waals surface area contributed by atoms with Crippen LogP contribution in [0, 0.1) is 5.82 Å². The van der Waals surface area contributed by atoms with Gasteiger partial charge in [-0.1, -0.05) is 18.2 Å². The number of carbonyl (C=O) groups is 2. The fourth-order valence-electron chi connectivity index (χ4n) is 4.82. The second-order valence-electron chi connectivity index (χ2n) is 8.72. The molecule has 0 aliphatic carbocycles. The summed E-state index contributed by atoms with van der Waals surface area (Å²) in [7, 11) is 3.01. The molecule has 37 heavy (non-hydrogen) atoms. The first-order chi connectivity index (χ1) is 17.9. The van der Waals surface area contributed by atoms with Crippen LogP contribution in [0.15, 0.2) is 78.5 Å². The van der Waals surface area contributed by atoms with Crippen LogP contribution in [0.3, 0.4) is 0 Å². The Morgan fingerprint density at radius 1 is 1.03 bits per heavy atom. The second-order valence-corrected chi connectivity index (χ2v) is 8.72. The molecule has 0 spiro atoms. The normalized spacial score (nSPS) is 16.9. The van der Waals surface area contributed by atoms with Crippen LogP contribution in [0.4, 0.5) is 4.39 Å². The van der Waals surface area contributed by atoms with Gasteiger partial charge in [0.1, 0.15) is 23.1 Å². The highest BCUT2D eigenvalue weighted by Gasteiger charge is 2.47. The number of amides is 1. The average molecular weight is 501 g/mol. The van der Waals surface area contributed by atoms with Crippen molar-refractivity contribution in [3.8, 4) is 11.5 Å². The maximum atomic E-state index is 13.5. The summed E-state index contributed by atoms with van der Waals surface area (Å²) in [5.41, 5.74) is 2.64. The molecule has 0 saturated carbocycles. The van der Waals surface area contributed by atoms with Crippen LogP contribution in [0.5, 0.6) is 11.5 Å². The van der Waals surface area contributed by atoms with E-state index in [1.165, 1.54) is 43.4 Å². The van der Waals surface area contributed by atoms with Gasteiger partial charge in [-0.3, -0.25) is 9.59 Å². The van der Waals surface area contributed by atoms with E-state index in [2.05, 4.69) is 4.98 Å². The fraction of sp³-hybridized carbons (Fsp3) is 0.172. The molecule has 4 aromatic rings. The number of ketones is 1. The van der Waals surface area contributed by atoms with Crippen molar-refractivity contribution in [2.24, 2.45) is 0 Å². The molecule has 2 N–H and O–H groups in total. The van der Waals surface area contributed by atoms with Crippen LogP contribution in [-0.4, -0.2) is 47.4 Å². The molecule has 8 heteroatoms. The second kappa shape index (κ2) is 9.81. The van der Waals surface area contributed by atoms with Gasteiger partial charge in [0.05, 0.1) is 25.8 Å². The zero-order valence-corrected chi connectivity index (χ0v) is 20.3. The lowest BCUT2D eigenvalue weighted by atomic mass is 9.94. The molecule has 1 aliphatic rings. The molecule has 0 bridgehead atoms. The Bertz CT molecular complexity index is 1520. The molecule has 1 atom stereocenters. The standard InChI is InChI=1S/C29H25FN2O5/c1-36-20-11-12-22(24(15-20)37-2)26-25(27(33)17-7-9-19(30)10-8-17)28(34)29(35)32(26)14-13-18-16-31-23-6-4-3-5-21(18)23/h3-12,15-16,26,31,33H,13-14H2,1-2H3/t26-/m1/s1. The Balaban J connectivity index is 1.61. The lowest BCUT2D eigenvalue weighted by Gasteiger charge is -2.27. The summed E-state index contributed by atoms with van der Waals surface area (Å²) in [5, 5.41) is 12.2. The number of para-hydroxylation sites is 1. The number of hydrogen-bond acceptors (Lipinski definition) is 5. The minimum absolute atomic E-state index is 0.0843. The molecule has 0 radical (unpaired) electrons. The number of H-pyrrole nitrogens is 1. The zero-order valence-electron chi connectivity index (χ0n) is 20.3. The number of aliphatic hydroxyl groups excluding tert-OH is 1. The van der Waals surface area contributed by atoms with Gasteiger partial charge in [-0.15, -0.1) is 0 Å². The predicted octanol–water partition coefficient (Wildman–Crippen LogP) is 4.99. The molecule has 1 aromatic heterocycles. The van der Waals surface area contributed by atoms with Crippen molar-refractivity contribution in [1.29, 1.82) is 0 Å². The third kappa shape index (κ3) is 4.31. The molecule has 1 saturated heterocycles. The number of hydrogen-bond donors (Lipinski definition) is 2. The van der Waals surface area contributed by atoms with Crippen LogP contribution >= 0.6 is 0 Å². The molecule has 3 aromatic carbocycles. The Morgan fingerprint density at radius 3 is 2.51 bits per heavy atom. The molecule has 5 rings (SSSR count). The number of ether oxygens (including phenoxy) is 2. The largest absolute Gasteiger partial charge is 0.507 e. The van der Waals surface area contributed by atoms with Crippen molar-refractivity contribution >= 4 is 28.4 Å². The number of carbonyl (C=O) groups excluding carboxylic acids is 2. The van der Waals surface area contributed by atoms with Crippen molar-refractivity contribution in [2.75, 3.05) is 20.8 Å². The van der Waals surface area contributed by atoms with Crippen LogP contribution in [0.2, 0.25) is 0 Å². The molecule has 2 heterocycles. The highest BCUT2D eigenvalue weighted by molar-refractivity contribution is 6.46. The van der Waals surface area contributed by atoms with E-state index in [1.54, 1.807) is 18.2 Å². The number of nitrogens with zero attached hydrogens (tertiary/aromatic N) is 1. The van der Waals surface area contributed by atoms with Gasteiger partial charge in [0.2, 0.25) is 0 Å². The highest BCUT2D eigenvalue weighted by atomic mass is 19.1. The number of methoxy groups -OCH3 is 2. The summed E-state index contributed by atoms with van der Waals surface area (Å²) in [6.45, 7) is 0.215.